The zero-order valence-corrected chi connectivity index (χ0v) is 9.17. The normalized spacial score (nSPS) is 23.9. The van der Waals surface area contributed by atoms with Crippen LogP contribution in [-0.2, 0) is 11.2 Å². The number of carboxylic acids is 1. The number of hydrogen-bond donors (Lipinski definition) is 2. The van der Waals surface area contributed by atoms with Crippen LogP contribution >= 0.6 is 0 Å². The van der Waals surface area contributed by atoms with E-state index in [-0.39, 0.29) is 18.5 Å². The summed E-state index contributed by atoms with van der Waals surface area (Å²) in [6.45, 7) is 0.877. The minimum absolute atomic E-state index is 0.0128. The number of aliphatic carboxylic acids is 1. The molecule has 2 rings (SSSR count). The van der Waals surface area contributed by atoms with Gasteiger partial charge in [-0.3, -0.25) is 4.79 Å². The summed E-state index contributed by atoms with van der Waals surface area (Å²) in [4.78, 5) is 11.3. The molecule has 2 N–H and O–H groups in total. The van der Waals surface area contributed by atoms with Gasteiger partial charge in [-0.05, 0) is 43.1 Å². The number of nitrogens with one attached hydrogen (secondary N) is 1. The largest absolute Gasteiger partial charge is 0.481 e. The fourth-order valence-corrected chi connectivity index (χ4v) is 2.20. The summed E-state index contributed by atoms with van der Waals surface area (Å²) >= 11 is 0. The number of hydrogen-bond acceptors (Lipinski definition) is 2. The van der Waals surface area contributed by atoms with Gasteiger partial charge in [0, 0.05) is 6.54 Å². The summed E-state index contributed by atoms with van der Waals surface area (Å²) in [6, 6.07) is 3.13. The molecule has 1 aromatic carbocycles. The molecule has 1 aromatic rings. The maximum absolute atomic E-state index is 13.5. The molecule has 17 heavy (non-hydrogen) atoms. The predicted octanol–water partition coefficient (Wildman–Crippen LogP) is 1.57. The third kappa shape index (κ3) is 2.29. The van der Waals surface area contributed by atoms with Gasteiger partial charge in [0.2, 0.25) is 0 Å². The third-order valence-electron chi connectivity index (χ3n) is 3.23. The van der Waals surface area contributed by atoms with Gasteiger partial charge in [-0.1, -0.05) is 0 Å². The van der Waals surface area contributed by atoms with Crippen LogP contribution < -0.4 is 5.32 Å². The van der Waals surface area contributed by atoms with E-state index in [0.29, 0.717) is 13.0 Å². The number of halogens is 2. The van der Waals surface area contributed by atoms with Crippen LogP contribution in [0.15, 0.2) is 18.2 Å². The summed E-state index contributed by atoms with van der Waals surface area (Å²) in [5.74, 6) is -2.07. The highest BCUT2D eigenvalue weighted by Gasteiger charge is 2.41. The molecule has 0 spiro atoms. The quantitative estimate of drug-likeness (QED) is 0.844. The van der Waals surface area contributed by atoms with E-state index in [9.17, 15) is 18.7 Å². The van der Waals surface area contributed by atoms with Crippen molar-refractivity contribution in [3.8, 4) is 0 Å². The standard InChI is InChI=1S/C12H13F2NO2/c13-9-1-2-10(14)8(5-9)6-12(11(16)17)3-4-15-7-12/h1-2,5,15H,3-4,6-7H2,(H,16,17). The Morgan fingerprint density at radius 1 is 1.47 bits per heavy atom. The van der Waals surface area contributed by atoms with Gasteiger partial charge in [-0.15, -0.1) is 0 Å². The highest BCUT2D eigenvalue weighted by Crippen LogP contribution is 2.31. The first kappa shape index (κ1) is 12.0. The zero-order chi connectivity index (χ0) is 12.5. The molecular formula is C12H13F2NO2. The van der Waals surface area contributed by atoms with Crippen LogP contribution in [0.25, 0.3) is 0 Å². The Hall–Kier alpha value is -1.49. The van der Waals surface area contributed by atoms with Crippen LogP contribution in [0.5, 0.6) is 0 Å². The van der Waals surface area contributed by atoms with Gasteiger partial charge in [-0.2, -0.15) is 0 Å². The molecule has 0 radical (unpaired) electrons. The van der Waals surface area contributed by atoms with Crippen molar-refractivity contribution in [1.82, 2.24) is 5.32 Å². The van der Waals surface area contributed by atoms with E-state index in [2.05, 4.69) is 5.32 Å². The van der Waals surface area contributed by atoms with Gasteiger partial charge < -0.3 is 10.4 Å². The van der Waals surface area contributed by atoms with Gasteiger partial charge in [0.15, 0.2) is 0 Å². The Balaban J connectivity index is 2.29. The topological polar surface area (TPSA) is 49.3 Å². The van der Waals surface area contributed by atoms with E-state index in [4.69, 9.17) is 0 Å². The van der Waals surface area contributed by atoms with E-state index in [1.165, 1.54) is 0 Å². The van der Waals surface area contributed by atoms with Gasteiger partial charge in [0.1, 0.15) is 11.6 Å². The first-order valence-electron chi connectivity index (χ1n) is 5.42. The molecule has 0 amide bonds. The summed E-state index contributed by atoms with van der Waals surface area (Å²) in [6.07, 6.45) is 0.442. The Labute approximate surface area is 97.5 Å². The molecule has 1 fully saturated rings. The molecule has 1 heterocycles. The van der Waals surface area contributed by atoms with Crippen molar-refractivity contribution >= 4 is 5.97 Å². The first-order chi connectivity index (χ1) is 8.03. The molecule has 1 aliphatic heterocycles. The van der Waals surface area contributed by atoms with Gasteiger partial charge in [-0.25, -0.2) is 8.78 Å². The Kier molecular flexibility index (Phi) is 3.11. The average Bonchev–Trinajstić information content (AvgIpc) is 2.73. The molecule has 3 nitrogen and oxygen atoms in total. The Morgan fingerprint density at radius 2 is 2.24 bits per heavy atom. The number of carboxylic acid groups (broad SMARTS) is 1. The second-order valence-electron chi connectivity index (χ2n) is 4.42. The molecule has 1 aliphatic rings. The molecule has 0 bridgehead atoms. The summed E-state index contributed by atoms with van der Waals surface area (Å²) < 4.78 is 26.5. The monoisotopic (exact) mass is 241 g/mol. The van der Waals surface area contributed by atoms with Crippen molar-refractivity contribution in [3.05, 3.63) is 35.4 Å². The first-order valence-corrected chi connectivity index (χ1v) is 5.42. The summed E-state index contributed by atoms with van der Waals surface area (Å²) in [7, 11) is 0. The van der Waals surface area contributed by atoms with Crippen molar-refractivity contribution in [2.24, 2.45) is 5.41 Å². The van der Waals surface area contributed by atoms with Crippen LogP contribution in [0, 0.1) is 17.0 Å². The predicted molar refractivity (Wildman–Crippen MR) is 57.6 cm³/mol. The van der Waals surface area contributed by atoms with Crippen molar-refractivity contribution in [1.29, 1.82) is 0 Å². The molecule has 1 unspecified atom stereocenters. The number of rotatable bonds is 3. The van der Waals surface area contributed by atoms with Crippen LogP contribution in [0.2, 0.25) is 0 Å². The molecule has 1 saturated heterocycles. The number of carbonyl (C=O) groups is 1. The molecule has 0 saturated carbocycles. The fraction of sp³-hybridized carbons (Fsp3) is 0.417. The molecular weight excluding hydrogens is 228 g/mol. The Bertz CT molecular complexity index is 442. The lowest BCUT2D eigenvalue weighted by atomic mass is 9.81. The van der Waals surface area contributed by atoms with Gasteiger partial charge >= 0.3 is 5.97 Å². The lowest BCUT2D eigenvalue weighted by molar-refractivity contribution is -0.147. The van der Waals surface area contributed by atoms with Gasteiger partial charge in [0.05, 0.1) is 5.41 Å². The zero-order valence-electron chi connectivity index (χ0n) is 9.17. The minimum atomic E-state index is -1.02. The fourth-order valence-electron chi connectivity index (χ4n) is 2.20. The highest BCUT2D eigenvalue weighted by molar-refractivity contribution is 5.76. The molecule has 1 atom stereocenters. The molecule has 5 heteroatoms. The molecule has 0 aliphatic carbocycles. The second-order valence-corrected chi connectivity index (χ2v) is 4.42. The van der Waals surface area contributed by atoms with Crippen molar-refractivity contribution in [2.75, 3.05) is 13.1 Å². The summed E-state index contributed by atoms with van der Waals surface area (Å²) in [5.41, 5.74) is -0.898. The van der Waals surface area contributed by atoms with Gasteiger partial charge in [0.25, 0.3) is 0 Å². The lowest BCUT2D eigenvalue weighted by Gasteiger charge is -2.23. The van der Waals surface area contributed by atoms with E-state index < -0.39 is 23.0 Å². The van der Waals surface area contributed by atoms with E-state index in [1.807, 2.05) is 0 Å². The number of benzene rings is 1. The highest BCUT2D eigenvalue weighted by atomic mass is 19.1. The van der Waals surface area contributed by atoms with E-state index in [1.54, 1.807) is 0 Å². The maximum Gasteiger partial charge on any atom is 0.311 e. The Morgan fingerprint density at radius 3 is 2.82 bits per heavy atom. The average molecular weight is 241 g/mol. The maximum atomic E-state index is 13.5. The van der Waals surface area contributed by atoms with Crippen LogP contribution in [0.4, 0.5) is 8.78 Å². The molecule has 92 valence electrons. The van der Waals surface area contributed by atoms with E-state index >= 15 is 0 Å². The second kappa shape index (κ2) is 4.41. The molecule has 0 aromatic heterocycles. The SMILES string of the molecule is O=C(O)C1(Cc2cc(F)ccc2F)CCNC1. The van der Waals surface area contributed by atoms with E-state index in [0.717, 1.165) is 18.2 Å². The smallest absolute Gasteiger partial charge is 0.311 e. The summed E-state index contributed by atoms with van der Waals surface area (Å²) in [5, 5.41) is 12.2. The minimum Gasteiger partial charge on any atom is -0.481 e. The third-order valence-corrected chi connectivity index (χ3v) is 3.23. The van der Waals surface area contributed by atoms with Crippen LogP contribution in [-0.4, -0.2) is 24.2 Å². The van der Waals surface area contributed by atoms with Crippen molar-refractivity contribution < 1.29 is 18.7 Å². The van der Waals surface area contributed by atoms with Crippen LogP contribution in [0.1, 0.15) is 12.0 Å². The van der Waals surface area contributed by atoms with Crippen molar-refractivity contribution in [3.63, 3.8) is 0 Å². The van der Waals surface area contributed by atoms with Crippen molar-refractivity contribution in [2.45, 2.75) is 12.8 Å². The van der Waals surface area contributed by atoms with Crippen LogP contribution in [0.3, 0.4) is 0 Å². The lowest BCUT2D eigenvalue weighted by Crippen LogP contribution is -2.35.